The van der Waals surface area contributed by atoms with E-state index in [1.165, 1.54) is 31.2 Å². The second kappa shape index (κ2) is 9.07. The molecule has 0 nitrogen and oxygen atoms in total. The molecule has 92 valence electrons. The minimum absolute atomic E-state index is 0.456. The van der Waals surface area contributed by atoms with Crippen molar-refractivity contribution in [2.24, 2.45) is 0 Å². The summed E-state index contributed by atoms with van der Waals surface area (Å²) in [4.78, 5) is 0. The fourth-order valence-corrected chi connectivity index (χ4v) is 2.17. The molecule has 0 aromatic heterocycles. The van der Waals surface area contributed by atoms with Gasteiger partial charge in [0, 0.05) is 11.5 Å². The van der Waals surface area contributed by atoms with E-state index in [4.69, 9.17) is 11.6 Å². The molecule has 0 N–H and O–H groups in total. The summed E-state index contributed by atoms with van der Waals surface area (Å²) in [5.74, 6) is 0.456. The quantitative estimate of drug-likeness (QED) is 0.411. The molecule has 1 aromatic carbocycles. The Kier molecular flexibility index (Phi) is 7.49. The zero-order chi connectivity index (χ0) is 12.3. The molecule has 0 aliphatic heterocycles. The van der Waals surface area contributed by atoms with Gasteiger partial charge in [-0.2, -0.15) is 0 Å². The summed E-state index contributed by atoms with van der Waals surface area (Å²) in [7, 11) is 0. The van der Waals surface area contributed by atoms with Gasteiger partial charge >= 0.3 is 0 Å². The van der Waals surface area contributed by atoms with E-state index >= 15 is 0 Å². The van der Waals surface area contributed by atoms with Gasteiger partial charge in [0.1, 0.15) is 0 Å². The molecular formula is C16H21Cl. The fraction of sp³-hybridized carbons (Fsp3) is 0.375. The molecule has 0 bridgehead atoms. The van der Waals surface area contributed by atoms with E-state index in [1.807, 2.05) is 6.08 Å². The van der Waals surface area contributed by atoms with E-state index in [-0.39, 0.29) is 0 Å². The van der Waals surface area contributed by atoms with Gasteiger partial charge in [-0.1, -0.05) is 66.9 Å². The fourth-order valence-electron chi connectivity index (χ4n) is 1.99. The van der Waals surface area contributed by atoms with E-state index in [0.717, 1.165) is 6.42 Å². The van der Waals surface area contributed by atoms with Crippen LogP contribution in [-0.2, 0) is 0 Å². The van der Waals surface area contributed by atoms with Crippen LogP contribution in [-0.4, -0.2) is 0 Å². The van der Waals surface area contributed by atoms with Gasteiger partial charge in [0.05, 0.1) is 0 Å². The molecule has 1 aromatic rings. The molecule has 0 unspecified atom stereocenters. The lowest BCUT2D eigenvalue weighted by Crippen LogP contribution is -1.95. The lowest BCUT2D eigenvalue weighted by Gasteiger charge is -2.12. The molecule has 1 rings (SSSR count). The second-order valence-electron chi connectivity index (χ2n) is 4.26. The van der Waals surface area contributed by atoms with E-state index in [2.05, 4.69) is 43.0 Å². The number of allylic oxidation sites excluding steroid dienone is 2. The molecule has 0 radical (unpaired) electrons. The lowest BCUT2D eigenvalue weighted by atomic mass is 9.93. The van der Waals surface area contributed by atoms with Crippen LogP contribution in [0.4, 0.5) is 0 Å². The molecule has 0 saturated heterocycles. The third kappa shape index (κ3) is 5.74. The van der Waals surface area contributed by atoms with Crippen molar-refractivity contribution in [3.05, 3.63) is 60.2 Å². The first-order chi connectivity index (χ1) is 8.38. The molecule has 0 spiro atoms. The number of rotatable bonds is 8. The van der Waals surface area contributed by atoms with Crippen LogP contribution in [0.5, 0.6) is 0 Å². The van der Waals surface area contributed by atoms with E-state index in [1.54, 1.807) is 5.54 Å². The van der Waals surface area contributed by atoms with Gasteiger partial charge in [0.2, 0.25) is 0 Å². The Morgan fingerprint density at radius 3 is 2.53 bits per heavy atom. The number of unbranched alkanes of at least 4 members (excludes halogenated alkanes) is 3. The molecule has 1 heteroatoms. The molecule has 0 saturated carbocycles. The molecule has 0 amide bonds. The van der Waals surface area contributed by atoms with Crippen molar-refractivity contribution in [2.45, 2.75) is 38.0 Å². The molecule has 0 aliphatic carbocycles. The number of hydrogen-bond donors (Lipinski definition) is 0. The predicted molar refractivity (Wildman–Crippen MR) is 77.5 cm³/mol. The predicted octanol–water partition coefficient (Wildman–Crippen LogP) is 5.66. The summed E-state index contributed by atoms with van der Waals surface area (Å²) < 4.78 is 0. The largest absolute Gasteiger partial charge is 0.103 e. The van der Waals surface area contributed by atoms with Crippen LogP contribution in [0.15, 0.2) is 54.6 Å². The zero-order valence-corrected chi connectivity index (χ0v) is 11.1. The summed E-state index contributed by atoms with van der Waals surface area (Å²) in [5.41, 5.74) is 3.00. The first kappa shape index (κ1) is 14.1. The lowest BCUT2D eigenvalue weighted by molar-refractivity contribution is 0.614. The van der Waals surface area contributed by atoms with Crippen LogP contribution in [0.25, 0.3) is 0 Å². The number of halogens is 1. The molecule has 0 fully saturated rings. The molecule has 1 atom stereocenters. The van der Waals surface area contributed by atoms with Crippen molar-refractivity contribution in [3.8, 4) is 0 Å². The maximum atomic E-state index is 5.71. The average molecular weight is 249 g/mol. The maximum Gasteiger partial charge on any atom is 0.00296 e. The average Bonchev–Trinajstić information content (AvgIpc) is 2.38. The molecule has 0 aliphatic rings. The number of hydrogen-bond acceptors (Lipinski definition) is 0. The molecular weight excluding hydrogens is 228 g/mol. The van der Waals surface area contributed by atoms with Gasteiger partial charge in [-0.15, -0.1) is 6.58 Å². The summed E-state index contributed by atoms with van der Waals surface area (Å²) in [6, 6.07) is 10.6. The highest BCUT2D eigenvalue weighted by molar-refractivity contribution is 6.25. The van der Waals surface area contributed by atoms with Crippen molar-refractivity contribution in [1.82, 2.24) is 0 Å². The van der Waals surface area contributed by atoms with Crippen molar-refractivity contribution < 1.29 is 0 Å². The van der Waals surface area contributed by atoms with Gasteiger partial charge in [-0.3, -0.25) is 0 Å². The standard InChI is InChI=1S/C16H21Cl/c1-2-3-4-5-7-12-16(13-14-17)15-10-8-6-9-11-15/h2,6,8-11,13-14,16H,1,3-5,7,12H2/b14-13-/t16-/m0/s1. The highest BCUT2D eigenvalue weighted by Gasteiger charge is 2.06. The van der Waals surface area contributed by atoms with Crippen LogP contribution in [0.1, 0.15) is 43.6 Å². The van der Waals surface area contributed by atoms with Crippen molar-refractivity contribution >= 4 is 11.6 Å². The Morgan fingerprint density at radius 1 is 1.12 bits per heavy atom. The summed E-state index contributed by atoms with van der Waals surface area (Å²) >= 11 is 5.71. The van der Waals surface area contributed by atoms with Crippen LogP contribution < -0.4 is 0 Å². The van der Waals surface area contributed by atoms with E-state index in [0.29, 0.717) is 5.92 Å². The van der Waals surface area contributed by atoms with Crippen LogP contribution in [0.3, 0.4) is 0 Å². The minimum Gasteiger partial charge on any atom is -0.103 e. The Bertz CT molecular complexity index is 327. The Balaban J connectivity index is 2.42. The highest BCUT2D eigenvalue weighted by Crippen LogP contribution is 2.24. The minimum atomic E-state index is 0.456. The normalized spacial score (nSPS) is 12.8. The molecule has 17 heavy (non-hydrogen) atoms. The third-order valence-corrected chi connectivity index (χ3v) is 3.10. The summed E-state index contributed by atoms with van der Waals surface area (Å²) in [5, 5.41) is 0. The topological polar surface area (TPSA) is 0 Å². The van der Waals surface area contributed by atoms with Gasteiger partial charge < -0.3 is 0 Å². The van der Waals surface area contributed by atoms with Crippen LogP contribution >= 0.6 is 11.6 Å². The van der Waals surface area contributed by atoms with Crippen molar-refractivity contribution in [3.63, 3.8) is 0 Å². The Labute approximate surface area is 110 Å². The van der Waals surface area contributed by atoms with Crippen LogP contribution in [0, 0.1) is 0 Å². The Hall–Kier alpha value is -1.01. The van der Waals surface area contributed by atoms with Gasteiger partial charge in [0.25, 0.3) is 0 Å². The maximum absolute atomic E-state index is 5.71. The summed E-state index contributed by atoms with van der Waals surface area (Å²) in [6.45, 7) is 3.74. The van der Waals surface area contributed by atoms with Gasteiger partial charge in [-0.05, 0) is 24.8 Å². The van der Waals surface area contributed by atoms with Crippen molar-refractivity contribution in [1.29, 1.82) is 0 Å². The molecule has 0 heterocycles. The van der Waals surface area contributed by atoms with Gasteiger partial charge in [-0.25, -0.2) is 0 Å². The first-order valence-corrected chi connectivity index (χ1v) is 6.75. The van der Waals surface area contributed by atoms with E-state index < -0.39 is 0 Å². The smallest absolute Gasteiger partial charge is 0.00296 e. The number of benzene rings is 1. The van der Waals surface area contributed by atoms with Crippen molar-refractivity contribution in [2.75, 3.05) is 0 Å². The third-order valence-electron chi connectivity index (χ3n) is 2.96. The SMILES string of the molecule is C=CCCCCC[C@@H](/C=C\Cl)c1ccccc1. The zero-order valence-electron chi connectivity index (χ0n) is 10.3. The monoisotopic (exact) mass is 248 g/mol. The second-order valence-corrected chi connectivity index (χ2v) is 4.51. The van der Waals surface area contributed by atoms with Crippen LogP contribution in [0.2, 0.25) is 0 Å². The highest BCUT2D eigenvalue weighted by atomic mass is 35.5. The van der Waals surface area contributed by atoms with E-state index in [9.17, 15) is 0 Å². The van der Waals surface area contributed by atoms with Gasteiger partial charge in [0.15, 0.2) is 0 Å². The Morgan fingerprint density at radius 2 is 1.88 bits per heavy atom. The first-order valence-electron chi connectivity index (χ1n) is 6.31. The summed E-state index contributed by atoms with van der Waals surface area (Å²) in [6.07, 6.45) is 10.1.